The van der Waals surface area contributed by atoms with Crippen molar-refractivity contribution in [2.24, 2.45) is 0 Å². The van der Waals surface area contributed by atoms with Crippen LogP contribution in [0.4, 0.5) is 5.69 Å². The van der Waals surface area contributed by atoms with Crippen molar-refractivity contribution in [3.63, 3.8) is 0 Å². The predicted octanol–water partition coefficient (Wildman–Crippen LogP) is 3.06. The Morgan fingerprint density at radius 2 is 2.16 bits per heavy atom. The van der Waals surface area contributed by atoms with Gasteiger partial charge in [0, 0.05) is 0 Å². The Labute approximate surface area is 117 Å². The SMILES string of the molecule is Cc1csc(C(=O)Nc2ccc(C(=O)O)nc2)c1Cl. The van der Waals surface area contributed by atoms with E-state index in [1.807, 2.05) is 6.92 Å². The molecule has 0 bridgehead atoms. The number of nitrogens with zero attached hydrogens (tertiary/aromatic N) is 1. The topological polar surface area (TPSA) is 79.3 Å². The Morgan fingerprint density at radius 1 is 1.42 bits per heavy atom. The van der Waals surface area contributed by atoms with E-state index in [0.29, 0.717) is 15.6 Å². The highest BCUT2D eigenvalue weighted by molar-refractivity contribution is 7.13. The first-order valence-electron chi connectivity index (χ1n) is 5.23. The summed E-state index contributed by atoms with van der Waals surface area (Å²) in [6, 6.07) is 2.79. The van der Waals surface area contributed by atoms with Gasteiger partial charge in [0.15, 0.2) is 0 Å². The summed E-state index contributed by atoms with van der Waals surface area (Å²) in [7, 11) is 0. The zero-order chi connectivity index (χ0) is 14.0. The van der Waals surface area contributed by atoms with Crippen LogP contribution < -0.4 is 5.32 Å². The van der Waals surface area contributed by atoms with Crippen LogP contribution >= 0.6 is 22.9 Å². The van der Waals surface area contributed by atoms with Gasteiger partial charge in [0.1, 0.15) is 10.6 Å². The van der Waals surface area contributed by atoms with Crippen LogP contribution in [0.5, 0.6) is 0 Å². The summed E-state index contributed by atoms with van der Waals surface area (Å²) in [6.45, 7) is 1.82. The number of amides is 1. The first-order chi connectivity index (χ1) is 8.99. The molecule has 2 N–H and O–H groups in total. The molecular formula is C12H9ClN2O3S. The van der Waals surface area contributed by atoms with Gasteiger partial charge in [-0.05, 0) is 30.0 Å². The molecule has 1 amide bonds. The van der Waals surface area contributed by atoms with E-state index in [9.17, 15) is 9.59 Å². The zero-order valence-electron chi connectivity index (χ0n) is 9.81. The molecule has 0 radical (unpaired) electrons. The lowest BCUT2D eigenvalue weighted by atomic mass is 10.3. The molecule has 0 aliphatic rings. The Balaban J connectivity index is 2.15. The maximum atomic E-state index is 11.9. The van der Waals surface area contributed by atoms with Crippen LogP contribution in [0.1, 0.15) is 25.7 Å². The Morgan fingerprint density at radius 3 is 2.63 bits per heavy atom. The van der Waals surface area contributed by atoms with Crippen LogP contribution in [0.15, 0.2) is 23.7 Å². The van der Waals surface area contributed by atoms with Crippen LogP contribution in [0, 0.1) is 6.92 Å². The predicted molar refractivity (Wildman–Crippen MR) is 73.2 cm³/mol. The van der Waals surface area contributed by atoms with Gasteiger partial charge >= 0.3 is 5.97 Å². The summed E-state index contributed by atoms with van der Waals surface area (Å²) < 4.78 is 0. The minimum Gasteiger partial charge on any atom is -0.477 e. The molecule has 0 aliphatic heterocycles. The fourth-order valence-corrected chi connectivity index (χ4v) is 2.54. The fraction of sp³-hybridized carbons (Fsp3) is 0.0833. The van der Waals surface area contributed by atoms with Crippen molar-refractivity contribution in [2.45, 2.75) is 6.92 Å². The van der Waals surface area contributed by atoms with E-state index in [1.54, 1.807) is 5.38 Å². The molecule has 7 heteroatoms. The first-order valence-corrected chi connectivity index (χ1v) is 6.49. The van der Waals surface area contributed by atoms with Crippen molar-refractivity contribution >= 4 is 40.5 Å². The molecule has 2 rings (SSSR count). The maximum Gasteiger partial charge on any atom is 0.354 e. The summed E-state index contributed by atoms with van der Waals surface area (Å²) in [5.41, 5.74) is 1.18. The van der Waals surface area contributed by atoms with E-state index < -0.39 is 5.97 Å². The average molecular weight is 297 g/mol. The molecule has 2 aromatic heterocycles. The molecule has 0 unspecified atom stereocenters. The van der Waals surface area contributed by atoms with Gasteiger partial charge in [-0.15, -0.1) is 11.3 Å². The monoisotopic (exact) mass is 296 g/mol. The maximum absolute atomic E-state index is 11.9. The summed E-state index contributed by atoms with van der Waals surface area (Å²) >= 11 is 7.25. The van der Waals surface area contributed by atoms with Crippen molar-refractivity contribution in [1.29, 1.82) is 0 Å². The largest absolute Gasteiger partial charge is 0.477 e. The van der Waals surface area contributed by atoms with Gasteiger partial charge in [0.05, 0.1) is 16.9 Å². The quantitative estimate of drug-likeness (QED) is 0.912. The molecular weight excluding hydrogens is 288 g/mol. The zero-order valence-corrected chi connectivity index (χ0v) is 11.4. The minimum absolute atomic E-state index is 0.0806. The van der Waals surface area contributed by atoms with E-state index in [0.717, 1.165) is 5.56 Å². The second-order valence-electron chi connectivity index (χ2n) is 3.75. The number of pyridine rings is 1. The normalized spacial score (nSPS) is 10.2. The molecule has 5 nitrogen and oxygen atoms in total. The minimum atomic E-state index is -1.12. The molecule has 0 fully saturated rings. The Hall–Kier alpha value is -1.92. The third-order valence-corrected chi connectivity index (χ3v) is 4.04. The molecule has 0 atom stereocenters. The molecule has 19 heavy (non-hydrogen) atoms. The van der Waals surface area contributed by atoms with Gasteiger partial charge in [-0.3, -0.25) is 4.79 Å². The molecule has 0 aromatic carbocycles. The smallest absolute Gasteiger partial charge is 0.354 e. The summed E-state index contributed by atoms with van der Waals surface area (Å²) in [5.74, 6) is -1.46. The lowest BCUT2D eigenvalue weighted by molar-refractivity contribution is 0.0690. The number of aromatic nitrogens is 1. The number of anilines is 1. The lowest BCUT2D eigenvalue weighted by Crippen LogP contribution is -2.11. The number of halogens is 1. The standard InChI is InChI=1S/C12H9ClN2O3S/c1-6-5-19-10(9(6)13)11(16)15-7-2-3-8(12(17)18)14-4-7/h2-5H,1H3,(H,15,16)(H,17,18). The molecule has 0 spiro atoms. The third kappa shape index (κ3) is 2.91. The van der Waals surface area contributed by atoms with Crippen molar-refractivity contribution in [3.8, 4) is 0 Å². The van der Waals surface area contributed by atoms with E-state index in [4.69, 9.17) is 16.7 Å². The molecule has 2 aromatic rings. The number of thiophene rings is 1. The van der Waals surface area contributed by atoms with Gasteiger partial charge in [0.2, 0.25) is 0 Å². The van der Waals surface area contributed by atoms with Crippen molar-refractivity contribution in [3.05, 3.63) is 44.9 Å². The van der Waals surface area contributed by atoms with Gasteiger partial charge < -0.3 is 10.4 Å². The van der Waals surface area contributed by atoms with E-state index >= 15 is 0 Å². The number of carboxylic acid groups (broad SMARTS) is 1. The van der Waals surface area contributed by atoms with Crippen LogP contribution in [-0.4, -0.2) is 22.0 Å². The van der Waals surface area contributed by atoms with E-state index in [2.05, 4.69) is 10.3 Å². The van der Waals surface area contributed by atoms with Crippen LogP contribution in [0.2, 0.25) is 5.02 Å². The second-order valence-corrected chi connectivity index (χ2v) is 5.01. The van der Waals surface area contributed by atoms with Gasteiger partial charge in [0.25, 0.3) is 5.91 Å². The second kappa shape index (κ2) is 5.38. The van der Waals surface area contributed by atoms with Gasteiger partial charge in [-0.1, -0.05) is 11.6 Å². The summed E-state index contributed by atoms with van der Waals surface area (Å²) in [4.78, 5) is 26.7. The first kappa shape index (κ1) is 13.5. The summed E-state index contributed by atoms with van der Waals surface area (Å²) in [6.07, 6.45) is 1.29. The molecule has 2 heterocycles. The number of carbonyl (C=O) groups is 2. The number of hydrogen-bond acceptors (Lipinski definition) is 4. The van der Waals surface area contributed by atoms with Gasteiger partial charge in [-0.2, -0.15) is 0 Å². The lowest BCUT2D eigenvalue weighted by Gasteiger charge is -2.04. The highest BCUT2D eigenvalue weighted by Crippen LogP contribution is 2.27. The van der Waals surface area contributed by atoms with Crippen LogP contribution in [0.3, 0.4) is 0 Å². The van der Waals surface area contributed by atoms with Crippen LogP contribution in [0.25, 0.3) is 0 Å². The average Bonchev–Trinajstić information content (AvgIpc) is 2.70. The number of aromatic carboxylic acids is 1. The van der Waals surface area contributed by atoms with Crippen molar-refractivity contribution in [1.82, 2.24) is 4.98 Å². The number of rotatable bonds is 3. The molecule has 0 saturated carbocycles. The number of carbonyl (C=O) groups excluding carboxylic acids is 1. The number of hydrogen-bond donors (Lipinski definition) is 2. The number of aryl methyl sites for hydroxylation is 1. The van der Waals surface area contributed by atoms with Crippen molar-refractivity contribution in [2.75, 3.05) is 5.32 Å². The summed E-state index contributed by atoms with van der Waals surface area (Å²) in [5, 5.41) is 13.5. The Kier molecular flexibility index (Phi) is 3.82. The molecule has 0 aliphatic carbocycles. The fourth-order valence-electron chi connectivity index (χ4n) is 1.37. The number of nitrogens with one attached hydrogen (secondary N) is 1. The highest BCUT2D eigenvalue weighted by atomic mass is 35.5. The molecule has 0 saturated heterocycles. The number of carboxylic acids is 1. The van der Waals surface area contributed by atoms with Crippen LogP contribution in [-0.2, 0) is 0 Å². The third-order valence-electron chi connectivity index (χ3n) is 2.35. The highest BCUT2D eigenvalue weighted by Gasteiger charge is 2.15. The van der Waals surface area contributed by atoms with E-state index in [1.165, 1.54) is 29.7 Å². The van der Waals surface area contributed by atoms with Crippen molar-refractivity contribution < 1.29 is 14.7 Å². The van der Waals surface area contributed by atoms with Gasteiger partial charge in [-0.25, -0.2) is 9.78 Å². The Bertz CT molecular complexity index is 637. The van der Waals surface area contributed by atoms with E-state index in [-0.39, 0.29) is 11.6 Å². The molecule has 98 valence electrons.